The Bertz CT molecular complexity index is 637. The van der Waals surface area contributed by atoms with Gasteiger partial charge in [0.2, 0.25) is 4.33 Å². The second kappa shape index (κ2) is 5.83. The Morgan fingerprint density at radius 3 is 2.52 bits per heavy atom. The lowest BCUT2D eigenvalue weighted by Crippen LogP contribution is -2.57. The predicted molar refractivity (Wildman–Crippen MR) is 89.1 cm³/mol. The highest BCUT2D eigenvalue weighted by Gasteiger charge is 2.73. The van der Waals surface area contributed by atoms with Crippen molar-refractivity contribution in [3.63, 3.8) is 0 Å². The largest absolute Gasteiger partial charge is 0.452 e. The third-order valence-corrected chi connectivity index (χ3v) is 6.41. The van der Waals surface area contributed by atoms with Gasteiger partial charge in [-0.1, -0.05) is 53.5 Å². The number of hydrogen-bond acceptors (Lipinski definition) is 3. The number of imide groups is 1. The molecule has 3 atom stereocenters. The first kappa shape index (κ1) is 16.9. The summed E-state index contributed by atoms with van der Waals surface area (Å²) >= 11 is 19.8. The summed E-state index contributed by atoms with van der Waals surface area (Å²) in [6.45, 7) is 0. The number of carbonyl (C=O) groups excluding carboxylic acids is 2. The second-order valence-electron chi connectivity index (χ2n) is 5.87. The van der Waals surface area contributed by atoms with Gasteiger partial charge in [-0.15, -0.1) is 11.6 Å². The molecule has 3 rings (SSSR count). The minimum absolute atomic E-state index is 0.475. The summed E-state index contributed by atoms with van der Waals surface area (Å²) in [4.78, 5) is 26.0. The van der Waals surface area contributed by atoms with E-state index in [9.17, 15) is 9.59 Å². The zero-order chi connectivity index (χ0) is 16.8. The summed E-state index contributed by atoms with van der Waals surface area (Å²) < 4.78 is 2.94. The van der Waals surface area contributed by atoms with Gasteiger partial charge < -0.3 is 4.74 Å². The summed E-state index contributed by atoms with van der Waals surface area (Å²) in [6.07, 6.45) is 1.27. The zero-order valence-electron chi connectivity index (χ0n) is 12.5. The van der Waals surface area contributed by atoms with Gasteiger partial charge in [-0.25, -0.2) is 9.69 Å². The van der Waals surface area contributed by atoms with Gasteiger partial charge in [-0.2, -0.15) is 0 Å². The Balaban J connectivity index is 2.26. The van der Waals surface area contributed by atoms with Crippen molar-refractivity contribution in [1.82, 2.24) is 4.90 Å². The van der Waals surface area contributed by atoms with Gasteiger partial charge in [-0.05, 0) is 24.8 Å². The molecule has 124 valence electrons. The number of ether oxygens (including phenoxy) is 1. The van der Waals surface area contributed by atoms with Crippen LogP contribution in [0.5, 0.6) is 0 Å². The van der Waals surface area contributed by atoms with Gasteiger partial charge in [-0.3, -0.25) is 4.79 Å². The van der Waals surface area contributed by atoms with Crippen LogP contribution in [0.15, 0.2) is 30.3 Å². The molecule has 1 heterocycles. The van der Waals surface area contributed by atoms with E-state index in [4.69, 9.17) is 39.5 Å². The minimum Gasteiger partial charge on any atom is -0.452 e. The molecule has 23 heavy (non-hydrogen) atoms. The first-order valence-corrected chi connectivity index (χ1v) is 8.57. The number of nitrogens with zero attached hydrogens (tertiary/aromatic N) is 1. The molecule has 1 saturated heterocycles. The molecule has 2 aliphatic rings. The van der Waals surface area contributed by atoms with Crippen molar-refractivity contribution in [2.45, 2.75) is 40.4 Å². The molecule has 2 amide bonds. The molecule has 1 aromatic rings. The molecule has 0 N–H and O–H groups in total. The van der Waals surface area contributed by atoms with Gasteiger partial charge in [0.15, 0.2) is 0 Å². The fourth-order valence-electron chi connectivity index (χ4n) is 3.94. The van der Waals surface area contributed by atoms with Crippen molar-refractivity contribution in [3.05, 3.63) is 35.9 Å². The number of fused-ring (bicyclic) bond motifs is 1. The molecule has 2 fully saturated rings. The molecule has 1 aliphatic carbocycles. The van der Waals surface area contributed by atoms with Crippen LogP contribution in [-0.2, 0) is 14.9 Å². The van der Waals surface area contributed by atoms with E-state index in [-0.39, 0.29) is 0 Å². The quantitative estimate of drug-likeness (QED) is 0.699. The number of hydrogen-bond donors (Lipinski definition) is 0. The molecule has 4 nitrogen and oxygen atoms in total. The molecule has 0 radical (unpaired) electrons. The average Bonchev–Trinajstić information content (AvgIpc) is 2.73. The lowest BCUT2D eigenvalue weighted by molar-refractivity contribution is -0.127. The Hall–Kier alpha value is -0.970. The first-order valence-electron chi connectivity index (χ1n) is 7.38. The van der Waals surface area contributed by atoms with Gasteiger partial charge in [0.1, 0.15) is 0 Å². The molecule has 1 aliphatic heterocycles. The molecule has 0 spiro atoms. The highest BCUT2D eigenvalue weighted by atomic mass is 35.5. The normalized spacial score (nSPS) is 32.5. The third kappa shape index (κ3) is 2.11. The highest BCUT2D eigenvalue weighted by Crippen LogP contribution is 2.60. The highest BCUT2D eigenvalue weighted by molar-refractivity contribution is 6.60. The Labute approximate surface area is 149 Å². The van der Waals surface area contributed by atoms with Crippen LogP contribution in [-0.4, -0.2) is 39.8 Å². The van der Waals surface area contributed by atoms with Crippen LogP contribution in [0.4, 0.5) is 4.79 Å². The van der Waals surface area contributed by atoms with E-state index in [1.54, 1.807) is 0 Å². The van der Waals surface area contributed by atoms with Crippen molar-refractivity contribution in [2.24, 2.45) is 0 Å². The zero-order valence-corrected chi connectivity index (χ0v) is 14.7. The van der Waals surface area contributed by atoms with Crippen molar-refractivity contribution in [1.29, 1.82) is 0 Å². The number of benzene rings is 1. The summed E-state index contributed by atoms with van der Waals surface area (Å²) in [5.41, 5.74) is -0.308. The number of amides is 2. The van der Waals surface area contributed by atoms with Gasteiger partial charge >= 0.3 is 6.09 Å². The molecule has 1 saturated carbocycles. The van der Waals surface area contributed by atoms with Crippen LogP contribution in [0.25, 0.3) is 0 Å². The van der Waals surface area contributed by atoms with Crippen molar-refractivity contribution >= 4 is 46.8 Å². The Kier molecular flexibility index (Phi) is 4.28. The summed E-state index contributed by atoms with van der Waals surface area (Å²) in [6, 6.07) is 8.71. The van der Waals surface area contributed by atoms with E-state index < -0.39 is 33.2 Å². The third-order valence-electron chi connectivity index (χ3n) is 4.90. The molecule has 0 aromatic heterocycles. The van der Waals surface area contributed by atoms with E-state index in [0.717, 1.165) is 16.9 Å². The number of methoxy groups -OCH3 is 1. The second-order valence-corrected chi connectivity index (χ2v) is 7.72. The Morgan fingerprint density at radius 2 is 1.91 bits per heavy atom. The van der Waals surface area contributed by atoms with E-state index >= 15 is 0 Å². The van der Waals surface area contributed by atoms with Gasteiger partial charge in [0, 0.05) is 5.38 Å². The summed E-state index contributed by atoms with van der Waals surface area (Å²) in [7, 11) is 1.23. The van der Waals surface area contributed by atoms with Gasteiger partial charge in [0.25, 0.3) is 5.91 Å². The van der Waals surface area contributed by atoms with Crippen LogP contribution in [0.2, 0.25) is 0 Å². The fraction of sp³-hybridized carbons (Fsp3) is 0.500. The van der Waals surface area contributed by atoms with Crippen LogP contribution in [0, 0.1) is 0 Å². The van der Waals surface area contributed by atoms with Crippen molar-refractivity contribution in [2.75, 3.05) is 7.11 Å². The monoisotopic (exact) mass is 375 g/mol. The summed E-state index contributed by atoms with van der Waals surface area (Å²) in [5, 5.41) is -0.475. The van der Waals surface area contributed by atoms with E-state index in [2.05, 4.69) is 0 Å². The maximum Gasteiger partial charge on any atom is 0.416 e. The fourth-order valence-corrected chi connectivity index (χ4v) is 5.56. The molecule has 7 heteroatoms. The lowest BCUT2D eigenvalue weighted by Gasteiger charge is -2.47. The number of halogens is 3. The number of rotatable bonds is 1. The number of likely N-dealkylation sites (tertiary alicyclic amines) is 1. The number of carbonyl (C=O) groups is 2. The molecular formula is C16H16Cl3NO3. The van der Waals surface area contributed by atoms with Crippen LogP contribution >= 0.6 is 34.8 Å². The van der Waals surface area contributed by atoms with Crippen molar-refractivity contribution < 1.29 is 14.3 Å². The molecule has 0 unspecified atom stereocenters. The van der Waals surface area contributed by atoms with E-state index in [1.807, 2.05) is 30.3 Å². The first-order chi connectivity index (χ1) is 10.9. The SMILES string of the molecule is COC(=O)N1C(=O)C(Cl)(Cl)[C@@]2(c3ccccc3)[C@@H](Cl)CCC[C@@H]12. The van der Waals surface area contributed by atoms with Crippen LogP contribution in [0.1, 0.15) is 24.8 Å². The topological polar surface area (TPSA) is 46.6 Å². The average molecular weight is 377 g/mol. The summed E-state index contributed by atoms with van der Waals surface area (Å²) in [5.74, 6) is -0.672. The van der Waals surface area contributed by atoms with E-state index in [1.165, 1.54) is 7.11 Å². The van der Waals surface area contributed by atoms with Crippen molar-refractivity contribution in [3.8, 4) is 0 Å². The standard InChI is InChI=1S/C16H16Cl3NO3/c1-23-14(22)20-12-9-5-8-11(17)15(12,16(18,19)13(20)21)10-6-3-2-4-7-10/h2-4,6-7,11-12H,5,8-9H2,1H3/t11-,12+,15-/m0/s1. The predicted octanol–water partition coefficient (Wildman–Crippen LogP) is 3.87. The smallest absolute Gasteiger partial charge is 0.416 e. The lowest BCUT2D eigenvalue weighted by atomic mass is 9.65. The van der Waals surface area contributed by atoms with Gasteiger partial charge in [0.05, 0.1) is 18.6 Å². The Morgan fingerprint density at radius 1 is 1.26 bits per heavy atom. The molecule has 1 aromatic carbocycles. The molecule has 0 bridgehead atoms. The van der Waals surface area contributed by atoms with E-state index in [0.29, 0.717) is 12.8 Å². The van der Waals surface area contributed by atoms with Crippen LogP contribution < -0.4 is 0 Å². The number of alkyl halides is 3. The molecular weight excluding hydrogens is 361 g/mol. The van der Waals surface area contributed by atoms with Crippen LogP contribution in [0.3, 0.4) is 0 Å². The minimum atomic E-state index is -1.83. The maximum atomic E-state index is 12.8. The maximum absolute atomic E-state index is 12.8.